The summed E-state index contributed by atoms with van der Waals surface area (Å²) in [5.74, 6) is 0.234. The van der Waals surface area contributed by atoms with Gasteiger partial charge in [-0.2, -0.15) is 0 Å². The van der Waals surface area contributed by atoms with Gasteiger partial charge in [0.2, 0.25) is 5.75 Å². The topological polar surface area (TPSA) is 112 Å². The van der Waals surface area contributed by atoms with Crippen molar-refractivity contribution in [2.24, 2.45) is 0 Å². The molecular weight excluding hydrogens is 392 g/mol. The predicted octanol–water partition coefficient (Wildman–Crippen LogP) is 2.35. The SMILES string of the molecule is COc1cc(CCC(=O)OCC(=O)NC(=O)NC2CCCCC2)cc(OC)c1OC. The molecule has 2 N–H and O–H groups in total. The summed E-state index contributed by atoms with van der Waals surface area (Å²) in [6.07, 6.45) is 5.56. The summed E-state index contributed by atoms with van der Waals surface area (Å²) < 4.78 is 20.8. The number of benzene rings is 1. The number of carbonyl (C=O) groups excluding carboxylic acids is 3. The van der Waals surface area contributed by atoms with E-state index in [1.54, 1.807) is 12.1 Å². The Kier molecular flexibility index (Phi) is 9.24. The highest BCUT2D eigenvalue weighted by Crippen LogP contribution is 2.38. The number of amides is 3. The van der Waals surface area contributed by atoms with Crippen LogP contribution in [-0.4, -0.2) is 51.9 Å². The molecule has 3 amide bonds. The first-order valence-corrected chi connectivity index (χ1v) is 10.0. The van der Waals surface area contributed by atoms with Crippen molar-refractivity contribution in [3.63, 3.8) is 0 Å². The van der Waals surface area contributed by atoms with Gasteiger partial charge in [0.15, 0.2) is 18.1 Å². The number of esters is 1. The fraction of sp³-hybridized carbons (Fsp3) is 0.571. The van der Waals surface area contributed by atoms with Gasteiger partial charge in [-0.1, -0.05) is 19.3 Å². The van der Waals surface area contributed by atoms with Crippen LogP contribution in [0.4, 0.5) is 4.79 Å². The number of rotatable bonds is 9. The van der Waals surface area contributed by atoms with Gasteiger partial charge in [-0.25, -0.2) is 4.79 Å². The number of hydrogen-bond donors (Lipinski definition) is 2. The Bertz CT molecular complexity index is 720. The third kappa shape index (κ3) is 7.13. The van der Waals surface area contributed by atoms with Gasteiger partial charge in [0.1, 0.15) is 0 Å². The third-order valence-electron chi connectivity index (χ3n) is 4.90. The fourth-order valence-electron chi connectivity index (χ4n) is 3.38. The zero-order valence-corrected chi connectivity index (χ0v) is 17.7. The van der Waals surface area contributed by atoms with Gasteiger partial charge in [0.05, 0.1) is 21.3 Å². The van der Waals surface area contributed by atoms with Gasteiger partial charge in [-0.15, -0.1) is 0 Å². The Morgan fingerprint density at radius 1 is 0.967 bits per heavy atom. The molecule has 0 radical (unpaired) electrons. The van der Waals surface area contributed by atoms with Crippen molar-refractivity contribution in [2.75, 3.05) is 27.9 Å². The van der Waals surface area contributed by atoms with E-state index in [0.29, 0.717) is 23.7 Å². The van der Waals surface area contributed by atoms with Crippen LogP contribution in [0.5, 0.6) is 17.2 Å². The monoisotopic (exact) mass is 422 g/mol. The first-order valence-electron chi connectivity index (χ1n) is 10.0. The highest BCUT2D eigenvalue weighted by molar-refractivity contribution is 5.95. The molecule has 0 spiro atoms. The van der Waals surface area contributed by atoms with Gasteiger partial charge in [-0.05, 0) is 37.0 Å². The van der Waals surface area contributed by atoms with E-state index >= 15 is 0 Å². The van der Waals surface area contributed by atoms with Crippen LogP contribution in [0.3, 0.4) is 0 Å². The predicted molar refractivity (Wildman–Crippen MR) is 109 cm³/mol. The number of ether oxygens (including phenoxy) is 4. The van der Waals surface area contributed by atoms with E-state index in [9.17, 15) is 14.4 Å². The first-order chi connectivity index (χ1) is 14.5. The maximum atomic E-state index is 12.0. The van der Waals surface area contributed by atoms with Gasteiger partial charge >= 0.3 is 12.0 Å². The molecule has 0 saturated heterocycles. The second kappa shape index (κ2) is 11.9. The minimum Gasteiger partial charge on any atom is -0.493 e. The molecule has 166 valence electrons. The van der Waals surface area contributed by atoms with E-state index in [4.69, 9.17) is 18.9 Å². The summed E-state index contributed by atoms with van der Waals surface area (Å²) >= 11 is 0. The van der Waals surface area contributed by atoms with Crippen LogP contribution >= 0.6 is 0 Å². The Hall–Kier alpha value is -2.97. The summed E-state index contributed by atoms with van der Waals surface area (Å²) in [6.45, 7) is -0.508. The Labute approximate surface area is 176 Å². The zero-order valence-electron chi connectivity index (χ0n) is 17.7. The normalized spacial score (nSPS) is 13.8. The second-order valence-corrected chi connectivity index (χ2v) is 7.05. The van der Waals surface area contributed by atoms with Crippen LogP contribution in [-0.2, 0) is 20.7 Å². The van der Waals surface area contributed by atoms with E-state index in [1.165, 1.54) is 27.8 Å². The van der Waals surface area contributed by atoms with E-state index in [1.807, 2.05) is 0 Å². The van der Waals surface area contributed by atoms with Crippen LogP contribution < -0.4 is 24.8 Å². The van der Waals surface area contributed by atoms with Crippen molar-refractivity contribution in [3.05, 3.63) is 17.7 Å². The summed E-state index contributed by atoms with van der Waals surface area (Å²) in [7, 11) is 4.54. The lowest BCUT2D eigenvalue weighted by atomic mass is 9.96. The Balaban J connectivity index is 1.75. The number of carbonyl (C=O) groups is 3. The largest absolute Gasteiger partial charge is 0.493 e. The van der Waals surface area contributed by atoms with Crippen molar-refractivity contribution in [2.45, 2.75) is 51.0 Å². The molecule has 0 atom stereocenters. The highest BCUT2D eigenvalue weighted by atomic mass is 16.5. The smallest absolute Gasteiger partial charge is 0.321 e. The first kappa shape index (κ1) is 23.3. The van der Waals surface area contributed by atoms with E-state index < -0.39 is 24.5 Å². The minimum absolute atomic E-state index is 0.0557. The third-order valence-corrected chi connectivity index (χ3v) is 4.90. The van der Waals surface area contributed by atoms with Crippen LogP contribution in [0.25, 0.3) is 0 Å². The number of imide groups is 1. The second-order valence-electron chi connectivity index (χ2n) is 7.05. The number of aryl methyl sites for hydroxylation is 1. The zero-order chi connectivity index (χ0) is 21.9. The molecule has 0 aromatic heterocycles. The van der Waals surface area contributed by atoms with Crippen molar-refractivity contribution in [1.82, 2.24) is 10.6 Å². The fourth-order valence-corrected chi connectivity index (χ4v) is 3.38. The van der Waals surface area contributed by atoms with Crippen molar-refractivity contribution in [3.8, 4) is 17.2 Å². The lowest BCUT2D eigenvalue weighted by Gasteiger charge is -2.22. The Morgan fingerprint density at radius 2 is 1.60 bits per heavy atom. The van der Waals surface area contributed by atoms with Crippen molar-refractivity contribution < 1.29 is 33.3 Å². The van der Waals surface area contributed by atoms with Gasteiger partial charge in [0.25, 0.3) is 5.91 Å². The summed E-state index contributed by atoms with van der Waals surface area (Å²) in [4.78, 5) is 35.6. The van der Waals surface area contributed by atoms with Crippen LogP contribution in [0.1, 0.15) is 44.1 Å². The molecule has 0 bridgehead atoms. The molecule has 1 aliphatic rings. The van der Waals surface area contributed by atoms with Gasteiger partial charge < -0.3 is 24.3 Å². The minimum atomic E-state index is -0.663. The average molecular weight is 422 g/mol. The maximum Gasteiger partial charge on any atom is 0.321 e. The average Bonchev–Trinajstić information content (AvgIpc) is 2.75. The molecule has 1 aliphatic carbocycles. The Morgan fingerprint density at radius 3 is 2.17 bits per heavy atom. The molecule has 0 heterocycles. The quantitative estimate of drug-likeness (QED) is 0.588. The number of hydrogen-bond acceptors (Lipinski definition) is 7. The van der Waals surface area contributed by atoms with Gasteiger partial charge in [0, 0.05) is 12.5 Å². The number of methoxy groups -OCH3 is 3. The molecule has 0 unspecified atom stereocenters. The molecule has 1 fully saturated rings. The standard InChI is InChI=1S/C21H30N2O7/c1-27-16-11-14(12-17(28-2)20(16)29-3)9-10-19(25)30-13-18(24)23-21(26)22-15-7-5-4-6-8-15/h11-12,15H,4-10,13H2,1-3H3,(H2,22,23,24,26). The summed E-state index contributed by atoms with van der Waals surface area (Å²) in [6, 6.07) is 3.03. The molecule has 0 aliphatic heterocycles. The van der Waals surface area contributed by atoms with Gasteiger partial charge in [-0.3, -0.25) is 14.9 Å². The molecular formula is C21H30N2O7. The number of nitrogens with one attached hydrogen (secondary N) is 2. The lowest BCUT2D eigenvalue weighted by Crippen LogP contribution is -2.46. The maximum absolute atomic E-state index is 12.0. The molecule has 9 nitrogen and oxygen atoms in total. The van der Waals surface area contributed by atoms with Crippen LogP contribution in [0, 0.1) is 0 Å². The lowest BCUT2D eigenvalue weighted by molar-refractivity contribution is -0.148. The molecule has 30 heavy (non-hydrogen) atoms. The van der Waals surface area contributed by atoms with Crippen molar-refractivity contribution >= 4 is 17.9 Å². The molecule has 1 aromatic carbocycles. The molecule has 1 saturated carbocycles. The van der Waals surface area contributed by atoms with Crippen LogP contribution in [0.2, 0.25) is 0 Å². The molecule has 1 aromatic rings. The summed E-state index contributed by atoms with van der Waals surface area (Å²) in [5, 5.41) is 4.96. The summed E-state index contributed by atoms with van der Waals surface area (Å²) in [5.41, 5.74) is 0.790. The molecule has 2 rings (SSSR count). The van der Waals surface area contributed by atoms with E-state index in [0.717, 1.165) is 31.2 Å². The van der Waals surface area contributed by atoms with Crippen molar-refractivity contribution in [1.29, 1.82) is 0 Å². The van der Waals surface area contributed by atoms with Crippen LogP contribution in [0.15, 0.2) is 12.1 Å². The highest BCUT2D eigenvalue weighted by Gasteiger charge is 2.18. The van der Waals surface area contributed by atoms with E-state index in [-0.39, 0.29) is 12.5 Å². The number of urea groups is 1. The van der Waals surface area contributed by atoms with E-state index in [2.05, 4.69) is 10.6 Å². The molecule has 9 heteroatoms.